The van der Waals surface area contributed by atoms with Crippen LogP contribution in [0.1, 0.15) is 25.0 Å². The van der Waals surface area contributed by atoms with Crippen molar-refractivity contribution in [1.29, 1.82) is 0 Å². The van der Waals surface area contributed by atoms with Gasteiger partial charge in [-0.2, -0.15) is 5.10 Å². The normalized spacial score (nSPS) is 18.3. The lowest BCUT2D eigenvalue weighted by atomic mass is 10.1. The predicted octanol–water partition coefficient (Wildman–Crippen LogP) is 4.50. The number of hydrogen-bond donors (Lipinski definition) is 2. The van der Waals surface area contributed by atoms with Crippen molar-refractivity contribution in [3.63, 3.8) is 0 Å². The number of pyridine rings is 1. The highest BCUT2D eigenvalue weighted by atomic mass is 35.5. The second kappa shape index (κ2) is 8.96. The van der Waals surface area contributed by atoms with Crippen molar-refractivity contribution in [2.75, 3.05) is 12.8 Å². The van der Waals surface area contributed by atoms with Gasteiger partial charge in [-0.1, -0.05) is 23.2 Å². The molecule has 0 saturated heterocycles. The van der Waals surface area contributed by atoms with Crippen LogP contribution in [0.25, 0.3) is 11.1 Å². The molecule has 0 radical (unpaired) electrons. The van der Waals surface area contributed by atoms with Crippen molar-refractivity contribution in [2.45, 2.75) is 26.0 Å². The topological polar surface area (TPSA) is 95.1 Å². The number of hydrogen-bond acceptors (Lipinski definition) is 5. The van der Waals surface area contributed by atoms with E-state index in [9.17, 15) is 9.18 Å². The van der Waals surface area contributed by atoms with Crippen LogP contribution < -0.4 is 15.8 Å². The van der Waals surface area contributed by atoms with Crippen LogP contribution in [-0.4, -0.2) is 27.7 Å². The minimum Gasteiger partial charge on any atom is -0.482 e. The third-order valence-electron chi connectivity index (χ3n) is 5.57. The molecule has 3 N–H and O–H groups in total. The Balaban J connectivity index is 1.51. The smallest absolute Gasteiger partial charge is 0.223 e. The zero-order valence-electron chi connectivity index (χ0n) is 17.5. The number of amides is 1. The van der Waals surface area contributed by atoms with Gasteiger partial charge in [-0.15, -0.1) is 0 Å². The first-order valence-electron chi connectivity index (χ1n) is 10.1. The van der Waals surface area contributed by atoms with Crippen LogP contribution in [0.5, 0.6) is 5.75 Å². The molecule has 4 rings (SSSR count). The molecule has 1 aliphatic carbocycles. The van der Waals surface area contributed by atoms with E-state index in [1.807, 2.05) is 10.9 Å². The minimum absolute atomic E-state index is 0.0498. The molecule has 168 valence electrons. The maximum absolute atomic E-state index is 13.9. The maximum Gasteiger partial charge on any atom is 0.223 e. The molecule has 1 fully saturated rings. The highest BCUT2D eigenvalue weighted by Crippen LogP contribution is 2.40. The molecule has 0 aliphatic heterocycles. The second-order valence-corrected chi connectivity index (χ2v) is 8.58. The summed E-state index contributed by atoms with van der Waals surface area (Å²) in [6.07, 6.45) is 5.43. The molecule has 32 heavy (non-hydrogen) atoms. The van der Waals surface area contributed by atoms with E-state index < -0.39 is 11.9 Å². The van der Waals surface area contributed by atoms with Crippen LogP contribution in [0.4, 0.5) is 10.2 Å². The van der Waals surface area contributed by atoms with Gasteiger partial charge in [-0.25, -0.2) is 9.37 Å². The van der Waals surface area contributed by atoms with Crippen LogP contribution in [0.2, 0.25) is 10.0 Å². The molecule has 1 aromatic carbocycles. The summed E-state index contributed by atoms with van der Waals surface area (Å²) in [5.74, 6) is 0.327. The lowest BCUT2D eigenvalue weighted by molar-refractivity contribution is -0.122. The first-order valence-corrected chi connectivity index (χ1v) is 10.8. The third-order valence-corrected chi connectivity index (χ3v) is 6.28. The van der Waals surface area contributed by atoms with Gasteiger partial charge in [-0.05, 0) is 37.5 Å². The number of ether oxygens (including phenoxy) is 1. The summed E-state index contributed by atoms with van der Waals surface area (Å²) in [6.45, 7) is 2.37. The van der Waals surface area contributed by atoms with Gasteiger partial charge in [0.25, 0.3) is 0 Å². The molecule has 0 spiro atoms. The van der Waals surface area contributed by atoms with Crippen molar-refractivity contribution in [3.05, 3.63) is 58.2 Å². The predicted molar refractivity (Wildman–Crippen MR) is 121 cm³/mol. The van der Waals surface area contributed by atoms with Crippen molar-refractivity contribution in [2.24, 2.45) is 11.8 Å². The number of nitrogen functional groups attached to an aromatic ring is 1. The first kappa shape index (κ1) is 22.4. The molecule has 7 nitrogen and oxygen atoms in total. The van der Waals surface area contributed by atoms with Gasteiger partial charge in [0.1, 0.15) is 11.9 Å². The van der Waals surface area contributed by atoms with Crippen LogP contribution in [0.15, 0.2) is 36.8 Å². The number of nitrogens with one attached hydrogen (secondary N) is 1. The van der Waals surface area contributed by atoms with Crippen LogP contribution in [0.3, 0.4) is 0 Å². The van der Waals surface area contributed by atoms with Crippen LogP contribution >= 0.6 is 23.2 Å². The molecule has 3 aromatic rings. The highest BCUT2D eigenvalue weighted by molar-refractivity contribution is 6.36. The number of halogens is 3. The number of carbonyl (C=O) groups excluding carboxylic acids is 1. The number of rotatable bonds is 7. The zero-order valence-corrected chi connectivity index (χ0v) is 19.0. The Labute approximate surface area is 194 Å². The van der Waals surface area contributed by atoms with Gasteiger partial charge in [0.2, 0.25) is 5.91 Å². The van der Waals surface area contributed by atoms with E-state index in [2.05, 4.69) is 15.4 Å². The van der Waals surface area contributed by atoms with Crippen LogP contribution in [0, 0.1) is 17.7 Å². The number of nitrogens with two attached hydrogens (primary N) is 1. The molecule has 1 amide bonds. The molecule has 3 atom stereocenters. The van der Waals surface area contributed by atoms with Crippen molar-refractivity contribution in [3.8, 4) is 16.9 Å². The largest absolute Gasteiger partial charge is 0.482 e. The molecule has 2 aromatic heterocycles. The molecule has 1 aliphatic rings. The quantitative estimate of drug-likeness (QED) is 0.488. The minimum atomic E-state index is -0.663. The molecule has 10 heteroatoms. The fraction of sp³-hybridized carbons (Fsp3) is 0.318. The van der Waals surface area contributed by atoms with Gasteiger partial charge in [0, 0.05) is 53.6 Å². The number of aromatic nitrogens is 3. The Kier molecular flexibility index (Phi) is 6.26. The summed E-state index contributed by atoms with van der Waals surface area (Å²) < 4.78 is 21.7. The molecule has 1 saturated carbocycles. The van der Waals surface area contributed by atoms with E-state index in [4.69, 9.17) is 33.7 Å². The summed E-state index contributed by atoms with van der Waals surface area (Å²) in [6, 6.07) is 4.37. The van der Waals surface area contributed by atoms with E-state index >= 15 is 0 Å². The van der Waals surface area contributed by atoms with Gasteiger partial charge in [-0.3, -0.25) is 9.48 Å². The summed E-state index contributed by atoms with van der Waals surface area (Å²) in [4.78, 5) is 15.9. The molecule has 0 bridgehead atoms. The SMILES string of the molecule is CNC(=O)[C@H]1C[C@@H]1Cn1cc(-c2cnc(N)c(OC(C)c3c(Cl)ccc(F)c3Cl)c2)cn1. The fourth-order valence-corrected chi connectivity index (χ4v) is 4.36. The van der Waals surface area contributed by atoms with Gasteiger partial charge < -0.3 is 15.8 Å². The van der Waals surface area contributed by atoms with Gasteiger partial charge in [0.05, 0.1) is 11.2 Å². The monoisotopic (exact) mass is 477 g/mol. The number of carbonyl (C=O) groups is 1. The van der Waals surface area contributed by atoms with E-state index in [0.717, 1.165) is 17.5 Å². The lowest BCUT2D eigenvalue weighted by Crippen LogP contribution is -2.21. The Morgan fingerprint density at radius 1 is 1.38 bits per heavy atom. The van der Waals surface area contributed by atoms with Crippen LogP contribution in [-0.2, 0) is 11.3 Å². The summed E-state index contributed by atoms with van der Waals surface area (Å²) in [7, 11) is 1.65. The van der Waals surface area contributed by atoms with Gasteiger partial charge >= 0.3 is 0 Å². The first-order chi connectivity index (χ1) is 15.3. The average molecular weight is 478 g/mol. The maximum atomic E-state index is 13.9. The van der Waals surface area contributed by atoms with Crippen molar-refractivity contribution in [1.82, 2.24) is 20.1 Å². The third kappa shape index (κ3) is 4.52. The fourth-order valence-electron chi connectivity index (χ4n) is 3.68. The summed E-state index contributed by atoms with van der Waals surface area (Å²) in [5, 5.41) is 7.28. The van der Waals surface area contributed by atoms with Crippen molar-refractivity contribution < 1.29 is 13.9 Å². The van der Waals surface area contributed by atoms with E-state index in [1.165, 1.54) is 12.1 Å². The molecule has 1 unspecified atom stereocenters. The van der Waals surface area contributed by atoms with Gasteiger partial charge in [0.15, 0.2) is 11.6 Å². The molecular weight excluding hydrogens is 456 g/mol. The second-order valence-electron chi connectivity index (χ2n) is 7.79. The van der Waals surface area contributed by atoms with E-state index in [-0.39, 0.29) is 28.6 Å². The number of benzene rings is 1. The highest BCUT2D eigenvalue weighted by Gasteiger charge is 2.42. The standard InChI is InChI=1S/C22H22Cl2FN5O2/c1-11(19-16(23)3-4-17(25)20(19)24)32-18-6-12(7-28-21(18)26)14-8-29-30(10-14)9-13-5-15(13)22(31)27-2/h3-4,6-8,10-11,13,15H,5,9H2,1-2H3,(H2,26,28)(H,27,31)/t11?,13-,15+/m1/s1. The average Bonchev–Trinajstić information content (AvgIpc) is 3.37. The number of anilines is 1. The Morgan fingerprint density at radius 3 is 2.91 bits per heavy atom. The van der Waals surface area contributed by atoms with Crippen molar-refractivity contribution >= 4 is 34.9 Å². The summed E-state index contributed by atoms with van der Waals surface area (Å²) in [5.41, 5.74) is 7.92. The van der Waals surface area contributed by atoms with E-state index in [1.54, 1.807) is 32.4 Å². The Bertz CT molecular complexity index is 1170. The summed E-state index contributed by atoms with van der Waals surface area (Å²) >= 11 is 12.3. The van der Waals surface area contributed by atoms with E-state index in [0.29, 0.717) is 22.9 Å². The zero-order chi connectivity index (χ0) is 23.0. The Hall–Kier alpha value is -2.84. The number of nitrogens with zero attached hydrogens (tertiary/aromatic N) is 3. The Morgan fingerprint density at radius 2 is 2.16 bits per heavy atom. The lowest BCUT2D eigenvalue weighted by Gasteiger charge is -2.19. The molecule has 2 heterocycles. The molecular formula is C22H22Cl2FN5O2.